The summed E-state index contributed by atoms with van der Waals surface area (Å²) < 4.78 is 0. The van der Waals surface area contributed by atoms with Crippen LogP contribution in [0.4, 0.5) is 5.82 Å². The first kappa shape index (κ1) is 26.9. The fraction of sp³-hybridized carbons (Fsp3) is 0.727. The van der Waals surface area contributed by atoms with Crippen molar-refractivity contribution in [3.8, 4) is 0 Å². The van der Waals surface area contributed by atoms with Crippen LogP contribution in [-0.4, -0.2) is 86.2 Å². The number of anilines is 1. The fourth-order valence-electron chi connectivity index (χ4n) is 3.77. The third kappa shape index (κ3) is 8.93. The molecule has 2 heterocycles. The van der Waals surface area contributed by atoms with E-state index in [1.54, 1.807) is 0 Å². The van der Waals surface area contributed by atoms with Crippen LogP contribution in [0.25, 0.3) is 0 Å². The van der Waals surface area contributed by atoms with E-state index in [0.717, 1.165) is 64.0 Å². The van der Waals surface area contributed by atoms with Crippen LogP contribution in [0.1, 0.15) is 39.7 Å². The largest absolute Gasteiger partial charge is 0.356 e. The number of aromatic nitrogens is 1. The highest BCUT2D eigenvalue weighted by Crippen LogP contribution is 2.14. The molecule has 2 N–H and O–H groups in total. The van der Waals surface area contributed by atoms with Gasteiger partial charge in [-0.1, -0.05) is 0 Å². The fourth-order valence-corrected chi connectivity index (χ4v) is 3.77. The second-order valence-corrected chi connectivity index (χ2v) is 8.44. The van der Waals surface area contributed by atoms with Gasteiger partial charge in [-0.25, -0.2) is 4.98 Å². The van der Waals surface area contributed by atoms with Crippen molar-refractivity contribution in [3.05, 3.63) is 23.9 Å². The summed E-state index contributed by atoms with van der Waals surface area (Å²) >= 11 is 0. The first-order valence-electron chi connectivity index (χ1n) is 11.0. The number of halogens is 1. The Balaban J connectivity index is 0.00000450. The third-order valence-corrected chi connectivity index (χ3v) is 5.53. The molecular weight excluding hydrogens is 489 g/mol. The van der Waals surface area contributed by atoms with Crippen molar-refractivity contribution in [3.63, 3.8) is 0 Å². The first-order chi connectivity index (χ1) is 13.9. The number of pyridine rings is 1. The Hall–Kier alpha value is -1.13. The van der Waals surface area contributed by atoms with Gasteiger partial charge >= 0.3 is 0 Å². The molecule has 0 radical (unpaired) electrons. The molecule has 8 heteroatoms. The molecule has 0 aliphatic carbocycles. The van der Waals surface area contributed by atoms with Gasteiger partial charge in [0.05, 0.1) is 0 Å². The van der Waals surface area contributed by atoms with E-state index in [1.165, 1.54) is 5.56 Å². The van der Waals surface area contributed by atoms with Crippen molar-refractivity contribution < 1.29 is 0 Å². The zero-order valence-corrected chi connectivity index (χ0v) is 22.0. The lowest BCUT2D eigenvalue weighted by Crippen LogP contribution is -2.44. The van der Waals surface area contributed by atoms with Gasteiger partial charge in [0.15, 0.2) is 5.96 Å². The topological polar surface area (TPSA) is 59.0 Å². The van der Waals surface area contributed by atoms with E-state index in [9.17, 15) is 0 Å². The van der Waals surface area contributed by atoms with Crippen molar-refractivity contribution in [2.75, 3.05) is 58.3 Å². The summed E-state index contributed by atoms with van der Waals surface area (Å²) in [6, 6.07) is 5.42. The van der Waals surface area contributed by atoms with E-state index < -0.39 is 0 Å². The summed E-state index contributed by atoms with van der Waals surface area (Å²) in [4.78, 5) is 16.2. The van der Waals surface area contributed by atoms with Gasteiger partial charge in [0.25, 0.3) is 0 Å². The van der Waals surface area contributed by atoms with Crippen LogP contribution in [0, 0.1) is 0 Å². The Morgan fingerprint density at radius 1 is 1.13 bits per heavy atom. The second kappa shape index (κ2) is 14.0. The summed E-state index contributed by atoms with van der Waals surface area (Å²) in [5.41, 5.74) is 1.22. The maximum Gasteiger partial charge on any atom is 0.191 e. The zero-order valence-electron chi connectivity index (χ0n) is 19.7. The lowest BCUT2D eigenvalue weighted by atomic mass is 10.2. The van der Waals surface area contributed by atoms with Crippen LogP contribution in [0.15, 0.2) is 23.3 Å². The van der Waals surface area contributed by atoms with Crippen molar-refractivity contribution >= 4 is 35.8 Å². The average molecular weight is 532 g/mol. The molecule has 1 aliphatic rings. The zero-order chi connectivity index (χ0) is 21.2. The van der Waals surface area contributed by atoms with E-state index in [2.05, 4.69) is 82.2 Å². The number of hydrogen-bond donors (Lipinski definition) is 2. The van der Waals surface area contributed by atoms with E-state index in [1.807, 2.05) is 13.2 Å². The van der Waals surface area contributed by atoms with Crippen molar-refractivity contribution in [1.82, 2.24) is 25.4 Å². The molecule has 0 atom stereocenters. The van der Waals surface area contributed by atoms with Gasteiger partial charge in [-0.15, -0.1) is 24.0 Å². The number of guanidine groups is 1. The molecule has 1 fully saturated rings. The van der Waals surface area contributed by atoms with E-state index >= 15 is 0 Å². The lowest BCUT2D eigenvalue weighted by molar-refractivity contribution is 0.173. The minimum atomic E-state index is 0. The number of nitrogens with zero attached hydrogens (tertiary/aromatic N) is 5. The maximum atomic E-state index is 4.57. The molecule has 0 amide bonds. The molecule has 0 bridgehead atoms. The van der Waals surface area contributed by atoms with Gasteiger partial charge in [0, 0.05) is 71.1 Å². The van der Waals surface area contributed by atoms with Crippen LogP contribution in [0.5, 0.6) is 0 Å². The Morgan fingerprint density at radius 3 is 2.40 bits per heavy atom. The molecule has 1 aromatic heterocycles. The smallest absolute Gasteiger partial charge is 0.191 e. The lowest BCUT2D eigenvalue weighted by Gasteiger charge is -2.33. The van der Waals surface area contributed by atoms with Gasteiger partial charge in [-0.3, -0.25) is 9.89 Å². The Labute approximate surface area is 200 Å². The van der Waals surface area contributed by atoms with Gasteiger partial charge < -0.3 is 20.4 Å². The minimum absolute atomic E-state index is 0. The van der Waals surface area contributed by atoms with E-state index in [0.29, 0.717) is 12.1 Å². The van der Waals surface area contributed by atoms with Crippen LogP contribution < -0.4 is 15.5 Å². The molecular formula is C22H42IN7. The molecule has 2 rings (SSSR count). The molecule has 1 aromatic rings. The van der Waals surface area contributed by atoms with Gasteiger partial charge in [-0.2, -0.15) is 0 Å². The third-order valence-electron chi connectivity index (χ3n) is 5.53. The van der Waals surface area contributed by atoms with Crippen LogP contribution in [0.2, 0.25) is 0 Å². The molecule has 1 saturated heterocycles. The van der Waals surface area contributed by atoms with Gasteiger partial charge in [-0.05, 0) is 58.9 Å². The Morgan fingerprint density at radius 2 is 1.80 bits per heavy atom. The Bertz CT molecular complexity index is 620. The minimum Gasteiger partial charge on any atom is -0.356 e. The second-order valence-electron chi connectivity index (χ2n) is 8.44. The van der Waals surface area contributed by atoms with Crippen molar-refractivity contribution in [2.24, 2.45) is 4.99 Å². The first-order valence-corrected chi connectivity index (χ1v) is 11.0. The van der Waals surface area contributed by atoms with Crippen molar-refractivity contribution in [1.29, 1.82) is 0 Å². The van der Waals surface area contributed by atoms with E-state index in [-0.39, 0.29) is 24.0 Å². The van der Waals surface area contributed by atoms with Crippen LogP contribution >= 0.6 is 24.0 Å². The van der Waals surface area contributed by atoms with Crippen LogP contribution in [0.3, 0.4) is 0 Å². The molecule has 0 unspecified atom stereocenters. The average Bonchev–Trinajstić information content (AvgIpc) is 2.70. The highest BCUT2D eigenvalue weighted by molar-refractivity contribution is 14.0. The number of likely N-dealkylation sites (N-methyl/N-ethyl adjacent to an activating group) is 1. The van der Waals surface area contributed by atoms with Gasteiger partial charge in [0.1, 0.15) is 5.82 Å². The van der Waals surface area contributed by atoms with E-state index in [4.69, 9.17) is 0 Å². The number of aliphatic imine (C=N–C) groups is 1. The predicted molar refractivity (Wildman–Crippen MR) is 139 cm³/mol. The summed E-state index contributed by atoms with van der Waals surface area (Å²) in [6.07, 6.45) is 3.01. The molecule has 0 aromatic carbocycles. The monoisotopic (exact) mass is 531 g/mol. The molecule has 172 valence electrons. The molecule has 7 nitrogen and oxygen atoms in total. The molecule has 1 aliphatic heterocycles. The normalized spacial score (nSPS) is 15.6. The number of rotatable bonds is 9. The SMILES string of the molecule is CN=C(NCCCN(C(C)C)C(C)C)NCc1ccnc(N2CCN(C)CC2)c1.I. The summed E-state index contributed by atoms with van der Waals surface area (Å²) in [7, 11) is 4.00. The van der Waals surface area contributed by atoms with Gasteiger partial charge in [0.2, 0.25) is 0 Å². The number of hydrogen-bond acceptors (Lipinski definition) is 5. The molecule has 0 spiro atoms. The predicted octanol–water partition coefficient (Wildman–Crippen LogP) is 2.63. The van der Waals surface area contributed by atoms with Crippen molar-refractivity contribution in [2.45, 2.75) is 52.7 Å². The van der Waals surface area contributed by atoms with Crippen LogP contribution in [-0.2, 0) is 6.54 Å². The summed E-state index contributed by atoms with van der Waals surface area (Å²) in [6.45, 7) is 16.1. The Kier molecular flexibility index (Phi) is 12.6. The quantitative estimate of drug-likeness (QED) is 0.221. The number of piperazine rings is 1. The maximum absolute atomic E-state index is 4.57. The number of nitrogens with one attached hydrogen (secondary N) is 2. The summed E-state index contributed by atoms with van der Waals surface area (Å²) in [5.74, 6) is 1.92. The summed E-state index contributed by atoms with van der Waals surface area (Å²) in [5, 5.41) is 6.86. The highest BCUT2D eigenvalue weighted by Gasteiger charge is 2.15. The highest BCUT2D eigenvalue weighted by atomic mass is 127. The molecule has 30 heavy (non-hydrogen) atoms. The standard InChI is InChI=1S/C22H41N7.HI/c1-18(2)29(19(3)4)11-7-9-25-22(23-5)26-17-20-8-10-24-21(16-20)28-14-12-27(6)13-15-28;/h8,10,16,18-19H,7,9,11-15,17H2,1-6H3,(H2,23,25,26);1H. The molecule has 0 saturated carbocycles.